The molecule has 1 nitrogen and oxygen atoms in total. The number of hydrogen-bond acceptors (Lipinski definition) is 1. The fourth-order valence-electron chi connectivity index (χ4n) is 2.22. The van der Waals surface area contributed by atoms with Crippen LogP contribution < -0.4 is 0 Å². The normalized spacial score (nSPS) is 10.7. The van der Waals surface area contributed by atoms with Gasteiger partial charge in [0, 0.05) is 21.5 Å². The summed E-state index contributed by atoms with van der Waals surface area (Å²) in [6.07, 6.45) is 0. The van der Waals surface area contributed by atoms with Gasteiger partial charge in [0.25, 0.3) is 0 Å². The number of carbonyl (C=O) groups excluding carboxylic acids is 1. The van der Waals surface area contributed by atoms with Crippen molar-refractivity contribution in [3.8, 4) is 0 Å². The molecule has 20 heavy (non-hydrogen) atoms. The van der Waals surface area contributed by atoms with E-state index in [2.05, 4.69) is 0 Å². The van der Waals surface area contributed by atoms with Crippen molar-refractivity contribution in [3.63, 3.8) is 0 Å². The zero-order valence-electron chi connectivity index (χ0n) is 10.4. The van der Waals surface area contributed by atoms with E-state index in [1.807, 2.05) is 24.3 Å². The highest BCUT2D eigenvalue weighted by Crippen LogP contribution is 2.27. The molecule has 0 spiro atoms. The lowest BCUT2D eigenvalue weighted by Gasteiger charge is -2.07. The molecule has 3 aromatic carbocycles. The second-order valence-corrected chi connectivity index (χ2v) is 4.88. The minimum Gasteiger partial charge on any atom is -0.289 e. The maximum Gasteiger partial charge on any atom is 0.193 e. The molecule has 98 valence electrons. The first-order chi connectivity index (χ1) is 9.66. The molecule has 0 unspecified atom stereocenters. The van der Waals surface area contributed by atoms with Gasteiger partial charge in [-0.1, -0.05) is 35.9 Å². The summed E-state index contributed by atoms with van der Waals surface area (Å²) < 4.78 is 12.9. The van der Waals surface area contributed by atoms with Gasteiger partial charge in [-0.25, -0.2) is 4.39 Å². The molecule has 0 atom stereocenters. The second kappa shape index (κ2) is 5.06. The van der Waals surface area contributed by atoms with Crippen molar-refractivity contribution in [1.82, 2.24) is 0 Å². The Morgan fingerprint density at radius 3 is 2.20 bits per heavy atom. The molecule has 3 rings (SSSR count). The van der Waals surface area contributed by atoms with Crippen LogP contribution >= 0.6 is 11.6 Å². The molecule has 0 fully saturated rings. The average molecular weight is 285 g/mol. The summed E-state index contributed by atoms with van der Waals surface area (Å²) in [5.74, 6) is -0.500. The van der Waals surface area contributed by atoms with Crippen LogP contribution in [0.5, 0.6) is 0 Å². The van der Waals surface area contributed by atoms with E-state index >= 15 is 0 Å². The molecular formula is C17H10ClFO. The summed E-state index contributed by atoms with van der Waals surface area (Å²) in [7, 11) is 0. The van der Waals surface area contributed by atoms with E-state index in [9.17, 15) is 9.18 Å². The highest BCUT2D eigenvalue weighted by atomic mass is 35.5. The third kappa shape index (κ3) is 2.19. The van der Waals surface area contributed by atoms with Crippen LogP contribution in [0.3, 0.4) is 0 Å². The van der Waals surface area contributed by atoms with Crippen LogP contribution in [0.1, 0.15) is 15.9 Å². The minimum absolute atomic E-state index is 0.141. The third-order valence-electron chi connectivity index (χ3n) is 3.22. The lowest BCUT2D eigenvalue weighted by atomic mass is 9.97. The molecule has 0 aromatic heterocycles. The summed E-state index contributed by atoms with van der Waals surface area (Å²) in [6.45, 7) is 0. The van der Waals surface area contributed by atoms with E-state index in [-0.39, 0.29) is 11.6 Å². The van der Waals surface area contributed by atoms with Crippen LogP contribution in [0.4, 0.5) is 4.39 Å². The Bertz CT molecular complexity index is 794. The van der Waals surface area contributed by atoms with Crippen LogP contribution in [0.25, 0.3) is 10.8 Å². The van der Waals surface area contributed by atoms with Crippen molar-refractivity contribution in [2.75, 3.05) is 0 Å². The second-order valence-electron chi connectivity index (χ2n) is 4.48. The van der Waals surface area contributed by atoms with Crippen LogP contribution in [0.15, 0.2) is 60.7 Å². The summed E-state index contributed by atoms with van der Waals surface area (Å²) >= 11 is 6.14. The lowest BCUT2D eigenvalue weighted by molar-refractivity contribution is 0.104. The predicted octanol–water partition coefficient (Wildman–Crippen LogP) is 4.86. The first-order valence-corrected chi connectivity index (χ1v) is 6.52. The van der Waals surface area contributed by atoms with Gasteiger partial charge in [-0.15, -0.1) is 0 Å². The molecule has 0 bridgehead atoms. The summed E-state index contributed by atoms with van der Waals surface area (Å²) in [5, 5.41) is 2.24. The number of halogens is 2. The molecule has 0 N–H and O–H groups in total. The van der Waals surface area contributed by atoms with Gasteiger partial charge in [-0.05, 0) is 41.8 Å². The van der Waals surface area contributed by atoms with E-state index in [1.165, 1.54) is 24.3 Å². The van der Waals surface area contributed by atoms with Gasteiger partial charge >= 0.3 is 0 Å². The SMILES string of the molecule is O=C(c1ccc(F)cc1)c1ccc(Cl)c2ccccc12. The van der Waals surface area contributed by atoms with E-state index in [0.717, 1.165) is 10.8 Å². The van der Waals surface area contributed by atoms with Crippen LogP contribution in [-0.4, -0.2) is 5.78 Å². The molecule has 0 amide bonds. The molecule has 0 saturated heterocycles. The van der Waals surface area contributed by atoms with E-state index in [0.29, 0.717) is 16.1 Å². The van der Waals surface area contributed by atoms with Crippen LogP contribution in [-0.2, 0) is 0 Å². The smallest absolute Gasteiger partial charge is 0.193 e. The average Bonchev–Trinajstić information content (AvgIpc) is 2.48. The first-order valence-electron chi connectivity index (χ1n) is 6.14. The molecular weight excluding hydrogens is 275 g/mol. The van der Waals surface area contributed by atoms with E-state index < -0.39 is 0 Å². The molecule has 0 aliphatic carbocycles. The topological polar surface area (TPSA) is 17.1 Å². The molecule has 0 heterocycles. The van der Waals surface area contributed by atoms with Crippen molar-refractivity contribution < 1.29 is 9.18 Å². The molecule has 0 aliphatic rings. The highest BCUT2D eigenvalue weighted by Gasteiger charge is 2.13. The zero-order valence-corrected chi connectivity index (χ0v) is 11.2. The lowest BCUT2D eigenvalue weighted by Crippen LogP contribution is -2.02. The van der Waals surface area contributed by atoms with Gasteiger partial charge in [0.2, 0.25) is 0 Å². The Kier molecular flexibility index (Phi) is 3.25. The zero-order chi connectivity index (χ0) is 14.1. The summed E-state index contributed by atoms with van der Waals surface area (Å²) in [5.41, 5.74) is 1.02. The summed E-state index contributed by atoms with van der Waals surface area (Å²) in [4.78, 5) is 12.5. The number of hydrogen-bond donors (Lipinski definition) is 0. The van der Waals surface area contributed by atoms with Gasteiger partial charge in [0.05, 0.1) is 0 Å². The van der Waals surface area contributed by atoms with Crippen LogP contribution in [0.2, 0.25) is 5.02 Å². The van der Waals surface area contributed by atoms with Gasteiger partial charge in [0.15, 0.2) is 5.78 Å². The molecule has 0 radical (unpaired) electrons. The summed E-state index contributed by atoms with van der Waals surface area (Å²) in [6, 6.07) is 16.4. The largest absolute Gasteiger partial charge is 0.289 e. The Labute approximate surface area is 120 Å². The first kappa shape index (κ1) is 12.8. The van der Waals surface area contributed by atoms with E-state index in [4.69, 9.17) is 11.6 Å². The van der Waals surface area contributed by atoms with Gasteiger partial charge < -0.3 is 0 Å². The monoisotopic (exact) mass is 284 g/mol. The number of ketones is 1. The molecule has 0 saturated carbocycles. The van der Waals surface area contributed by atoms with Crippen molar-refractivity contribution in [2.24, 2.45) is 0 Å². The van der Waals surface area contributed by atoms with Crippen molar-refractivity contribution in [3.05, 3.63) is 82.6 Å². The molecule has 0 aliphatic heterocycles. The molecule has 3 aromatic rings. The maximum absolute atomic E-state index is 12.9. The Hall–Kier alpha value is -2.19. The highest BCUT2D eigenvalue weighted by molar-refractivity contribution is 6.36. The van der Waals surface area contributed by atoms with Crippen molar-refractivity contribution >= 4 is 28.2 Å². The number of benzene rings is 3. The quantitative estimate of drug-likeness (QED) is 0.614. The van der Waals surface area contributed by atoms with Crippen molar-refractivity contribution in [2.45, 2.75) is 0 Å². The number of carbonyl (C=O) groups is 1. The van der Waals surface area contributed by atoms with E-state index in [1.54, 1.807) is 12.1 Å². The standard InChI is InChI=1S/C17H10ClFO/c18-16-10-9-15(13-3-1-2-4-14(13)16)17(20)11-5-7-12(19)8-6-11/h1-10H. The van der Waals surface area contributed by atoms with Gasteiger partial charge in [0.1, 0.15) is 5.82 Å². The maximum atomic E-state index is 12.9. The van der Waals surface area contributed by atoms with Gasteiger partial charge in [-0.3, -0.25) is 4.79 Å². The fraction of sp³-hybridized carbons (Fsp3) is 0. The van der Waals surface area contributed by atoms with Crippen LogP contribution in [0, 0.1) is 5.82 Å². The number of fused-ring (bicyclic) bond motifs is 1. The fourth-order valence-corrected chi connectivity index (χ4v) is 2.44. The minimum atomic E-state index is -0.359. The van der Waals surface area contributed by atoms with Crippen molar-refractivity contribution in [1.29, 1.82) is 0 Å². The molecule has 3 heteroatoms. The Morgan fingerprint density at radius 1 is 0.850 bits per heavy atom. The predicted molar refractivity (Wildman–Crippen MR) is 78.8 cm³/mol. The Balaban J connectivity index is 2.17. The third-order valence-corrected chi connectivity index (χ3v) is 3.55. The Morgan fingerprint density at radius 2 is 1.50 bits per heavy atom. The van der Waals surface area contributed by atoms with Gasteiger partial charge in [-0.2, -0.15) is 0 Å². The number of rotatable bonds is 2.